The van der Waals surface area contributed by atoms with E-state index in [4.69, 9.17) is 0 Å². The highest BCUT2D eigenvalue weighted by Gasteiger charge is 2.18. The Labute approximate surface area is 110 Å². The van der Waals surface area contributed by atoms with Crippen molar-refractivity contribution < 1.29 is 4.79 Å². The minimum absolute atomic E-state index is 0.272. The van der Waals surface area contributed by atoms with Crippen LogP contribution in [0.3, 0.4) is 0 Å². The number of nitrogens with zero attached hydrogens (tertiary/aromatic N) is 1. The van der Waals surface area contributed by atoms with Gasteiger partial charge in [-0.3, -0.25) is 9.79 Å². The van der Waals surface area contributed by atoms with Crippen molar-refractivity contribution in [1.29, 1.82) is 0 Å². The van der Waals surface area contributed by atoms with Gasteiger partial charge in [-0.2, -0.15) is 0 Å². The number of carbonyl (C=O) groups is 1. The fourth-order valence-electron chi connectivity index (χ4n) is 2.11. The lowest BCUT2D eigenvalue weighted by Gasteiger charge is -2.09. The summed E-state index contributed by atoms with van der Waals surface area (Å²) in [5.74, 6) is 1.79. The van der Waals surface area contributed by atoms with Gasteiger partial charge in [0, 0.05) is 18.7 Å². The van der Waals surface area contributed by atoms with E-state index in [9.17, 15) is 4.79 Å². The Morgan fingerprint density at radius 2 is 2.12 bits per heavy atom. The van der Waals surface area contributed by atoms with E-state index >= 15 is 0 Å². The molecule has 0 bridgehead atoms. The fraction of sp³-hybridized carbons (Fsp3) is 0.857. The molecule has 0 saturated carbocycles. The van der Waals surface area contributed by atoms with Crippen LogP contribution in [0, 0.1) is 5.92 Å². The molecule has 3 heteroatoms. The zero-order valence-corrected chi connectivity index (χ0v) is 12.0. The molecule has 0 amide bonds. The van der Waals surface area contributed by atoms with Gasteiger partial charge >= 0.3 is 0 Å². The zero-order valence-electron chi connectivity index (χ0n) is 11.2. The number of carbonyl (C=O) groups excluding carboxylic acids is 1. The van der Waals surface area contributed by atoms with Crippen LogP contribution in [0.15, 0.2) is 4.99 Å². The Bertz CT molecular complexity index is 263. The fourth-order valence-corrected chi connectivity index (χ4v) is 2.91. The average molecular weight is 255 g/mol. The van der Waals surface area contributed by atoms with Gasteiger partial charge in [0.05, 0.1) is 0 Å². The van der Waals surface area contributed by atoms with E-state index in [0.29, 0.717) is 12.3 Å². The minimum Gasteiger partial charge on any atom is -0.292 e. The van der Waals surface area contributed by atoms with E-state index in [1.54, 1.807) is 11.8 Å². The van der Waals surface area contributed by atoms with E-state index in [1.165, 1.54) is 38.5 Å². The summed E-state index contributed by atoms with van der Waals surface area (Å²) in [6.45, 7) is 5.26. The summed E-state index contributed by atoms with van der Waals surface area (Å²) >= 11 is 1.63. The van der Waals surface area contributed by atoms with E-state index in [0.717, 1.165) is 17.3 Å². The first-order valence-corrected chi connectivity index (χ1v) is 7.93. The number of hydrogen-bond donors (Lipinski definition) is 0. The number of Topliss-reactive ketones (excluding diaryl/α,β-unsaturated/α-hetero) is 1. The van der Waals surface area contributed by atoms with Crippen LogP contribution in [-0.2, 0) is 4.79 Å². The summed E-state index contributed by atoms with van der Waals surface area (Å²) in [5.41, 5.74) is 0. The number of hydrogen-bond acceptors (Lipinski definition) is 3. The van der Waals surface area contributed by atoms with Crippen LogP contribution in [-0.4, -0.2) is 23.1 Å². The van der Waals surface area contributed by atoms with Crippen LogP contribution in [0.5, 0.6) is 0 Å². The first-order chi connectivity index (χ1) is 8.24. The Kier molecular flexibility index (Phi) is 7.58. The van der Waals surface area contributed by atoms with Crippen LogP contribution in [0.2, 0.25) is 0 Å². The zero-order chi connectivity index (χ0) is 12.5. The SMILES string of the molecule is CCCCCCCC(C)CC(=O)C1=NCCS1. The molecular weight excluding hydrogens is 230 g/mol. The van der Waals surface area contributed by atoms with E-state index < -0.39 is 0 Å². The lowest BCUT2D eigenvalue weighted by molar-refractivity contribution is -0.113. The van der Waals surface area contributed by atoms with Crippen molar-refractivity contribution >= 4 is 22.6 Å². The maximum absolute atomic E-state index is 11.8. The van der Waals surface area contributed by atoms with Gasteiger partial charge in [0.15, 0.2) is 5.78 Å². The molecule has 1 aliphatic rings. The molecule has 17 heavy (non-hydrogen) atoms. The Hall–Kier alpha value is -0.310. The van der Waals surface area contributed by atoms with E-state index in [-0.39, 0.29) is 5.78 Å². The van der Waals surface area contributed by atoms with Crippen molar-refractivity contribution in [2.24, 2.45) is 10.9 Å². The average Bonchev–Trinajstić information content (AvgIpc) is 2.82. The van der Waals surface area contributed by atoms with Crippen molar-refractivity contribution in [3.05, 3.63) is 0 Å². The largest absolute Gasteiger partial charge is 0.292 e. The standard InChI is InChI=1S/C14H25NOS/c1-3-4-5-6-7-8-12(2)11-13(16)14-15-9-10-17-14/h12H,3-11H2,1-2H3. The number of aliphatic imine (C=N–C) groups is 1. The molecule has 0 aromatic carbocycles. The van der Waals surface area contributed by atoms with E-state index in [2.05, 4.69) is 18.8 Å². The van der Waals surface area contributed by atoms with Crippen molar-refractivity contribution in [2.75, 3.05) is 12.3 Å². The lowest BCUT2D eigenvalue weighted by atomic mass is 9.97. The second-order valence-corrected chi connectivity index (χ2v) is 6.05. The maximum Gasteiger partial charge on any atom is 0.187 e. The summed E-state index contributed by atoms with van der Waals surface area (Å²) in [4.78, 5) is 16.1. The van der Waals surface area contributed by atoms with E-state index in [1.807, 2.05) is 0 Å². The van der Waals surface area contributed by atoms with Crippen molar-refractivity contribution in [3.8, 4) is 0 Å². The molecule has 1 aliphatic heterocycles. The normalized spacial score (nSPS) is 16.9. The van der Waals surface area contributed by atoms with Gasteiger partial charge in [-0.15, -0.1) is 11.8 Å². The van der Waals surface area contributed by atoms with Crippen LogP contribution >= 0.6 is 11.8 Å². The molecule has 0 aromatic heterocycles. The predicted octanol–water partition coefficient (Wildman–Crippen LogP) is 4.09. The third-order valence-electron chi connectivity index (χ3n) is 3.16. The second-order valence-electron chi connectivity index (χ2n) is 4.97. The molecule has 0 aromatic rings. The molecule has 1 atom stereocenters. The third kappa shape index (κ3) is 6.25. The predicted molar refractivity (Wildman–Crippen MR) is 76.9 cm³/mol. The van der Waals surface area contributed by atoms with Crippen molar-refractivity contribution in [1.82, 2.24) is 0 Å². The molecular formula is C14H25NOS. The van der Waals surface area contributed by atoms with Gasteiger partial charge in [-0.25, -0.2) is 0 Å². The summed E-state index contributed by atoms with van der Waals surface area (Å²) in [6.07, 6.45) is 8.47. The summed E-state index contributed by atoms with van der Waals surface area (Å²) in [5, 5.41) is 0.780. The molecule has 0 N–H and O–H groups in total. The number of thioether (sulfide) groups is 1. The first-order valence-electron chi connectivity index (χ1n) is 6.94. The summed E-state index contributed by atoms with van der Waals surface area (Å²) < 4.78 is 0. The molecule has 0 aliphatic carbocycles. The third-order valence-corrected chi connectivity index (χ3v) is 4.18. The van der Waals surface area contributed by atoms with Gasteiger partial charge in [0.25, 0.3) is 0 Å². The van der Waals surface area contributed by atoms with Gasteiger partial charge in [0.1, 0.15) is 5.04 Å². The monoisotopic (exact) mass is 255 g/mol. The molecule has 0 fully saturated rings. The Morgan fingerprint density at radius 1 is 1.35 bits per heavy atom. The van der Waals surface area contributed by atoms with Crippen molar-refractivity contribution in [2.45, 2.75) is 58.8 Å². The summed E-state index contributed by atoms with van der Waals surface area (Å²) in [7, 11) is 0. The number of unbranched alkanes of at least 4 members (excludes halogenated alkanes) is 4. The summed E-state index contributed by atoms with van der Waals surface area (Å²) in [6, 6.07) is 0. The number of ketones is 1. The lowest BCUT2D eigenvalue weighted by Crippen LogP contribution is -2.12. The van der Waals surface area contributed by atoms with Crippen LogP contribution in [0.1, 0.15) is 58.8 Å². The van der Waals surface area contributed by atoms with Gasteiger partial charge in [-0.05, 0) is 5.92 Å². The molecule has 98 valence electrons. The van der Waals surface area contributed by atoms with Crippen LogP contribution in [0.25, 0.3) is 0 Å². The van der Waals surface area contributed by atoms with Crippen LogP contribution in [0.4, 0.5) is 0 Å². The molecule has 1 heterocycles. The van der Waals surface area contributed by atoms with Gasteiger partial charge in [-0.1, -0.05) is 52.4 Å². The highest BCUT2D eigenvalue weighted by Crippen LogP contribution is 2.19. The molecule has 0 radical (unpaired) electrons. The molecule has 1 rings (SSSR count). The second kappa shape index (κ2) is 8.73. The molecule has 1 unspecified atom stereocenters. The highest BCUT2D eigenvalue weighted by atomic mass is 32.2. The maximum atomic E-state index is 11.8. The first kappa shape index (κ1) is 14.7. The molecule has 2 nitrogen and oxygen atoms in total. The Morgan fingerprint density at radius 3 is 2.76 bits per heavy atom. The molecule has 0 saturated heterocycles. The number of rotatable bonds is 9. The van der Waals surface area contributed by atoms with Crippen molar-refractivity contribution in [3.63, 3.8) is 0 Å². The highest BCUT2D eigenvalue weighted by molar-refractivity contribution is 8.16. The molecule has 0 spiro atoms. The van der Waals surface area contributed by atoms with Gasteiger partial charge < -0.3 is 0 Å². The van der Waals surface area contributed by atoms with Crippen LogP contribution < -0.4 is 0 Å². The Balaban J connectivity index is 2.07. The minimum atomic E-state index is 0.272. The quantitative estimate of drug-likeness (QED) is 0.581. The van der Waals surface area contributed by atoms with Gasteiger partial charge in [0.2, 0.25) is 0 Å². The topological polar surface area (TPSA) is 29.4 Å². The smallest absolute Gasteiger partial charge is 0.187 e.